The Hall–Kier alpha value is -1.08. The van der Waals surface area contributed by atoms with Crippen LogP contribution in [0.1, 0.15) is 5.69 Å². The van der Waals surface area contributed by atoms with Crippen LogP contribution in [0.2, 0.25) is 0 Å². The number of alkyl halides is 3. The minimum Gasteiger partial charge on any atom is -0.332 e. The number of halogens is 4. The maximum absolute atomic E-state index is 12.3. The van der Waals surface area contributed by atoms with Crippen LogP contribution in [0.4, 0.5) is 24.0 Å². The van der Waals surface area contributed by atoms with Crippen molar-refractivity contribution in [3.8, 4) is 0 Å². The lowest BCUT2D eigenvalue weighted by molar-refractivity contribution is -0.140. The zero-order valence-corrected chi connectivity index (χ0v) is 10.7. The summed E-state index contributed by atoms with van der Waals surface area (Å²) in [4.78, 5) is 3.47. The summed E-state index contributed by atoms with van der Waals surface area (Å²) < 4.78 is 37.8. The highest BCUT2D eigenvalue weighted by Gasteiger charge is 2.33. The molecule has 0 amide bonds. The van der Waals surface area contributed by atoms with E-state index in [1.165, 1.54) is 0 Å². The molecule has 17 heavy (non-hydrogen) atoms. The second-order valence-corrected chi connectivity index (χ2v) is 4.94. The van der Waals surface area contributed by atoms with Gasteiger partial charge in [-0.2, -0.15) is 13.2 Å². The maximum atomic E-state index is 12.3. The molecule has 0 saturated heterocycles. The summed E-state index contributed by atoms with van der Waals surface area (Å²) in [6, 6.07) is 7.08. The maximum Gasteiger partial charge on any atom is 0.434 e. The summed E-state index contributed by atoms with van der Waals surface area (Å²) in [5.41, 5.74) is -0.182. The van der Waals surface area contributed by atoms with Crippen LogP contribution in [-0.2, 0) is 6.18 Å². The summed E-state index contributed by atoms with van der Waals surface area (Å²) in [7, 11) is 0. The van der Waals surface area contributed by atoms with Crippen molar-refractivity contribution in [2.45, 2.75) is 6.18 Å². The van der Waals surface area contributed by atoms with Crippen LogP contribution in [0, 0.1) is 0 Å². The number of nitrogens with zero attached hydrogens (tertiary/aromatic N) is 1. The van der Waals surface area contributed by atoms with E-state index < -0.39 is 11.9 Å². The first-order chi connectivity index (χ1) is 7.95. The lowest BCUT2D eigenvalue weighted by Crippen LogP contribution is -2.05. The number of nitrogens with one attached hydrogen (secondary N) is 1. The highest BCUT2D eigenvalue weighted by Crippen LogP contribution is 2.32. The van der Waals surface area contributed by atoms with Gasteiger partial charge in [0.1, 0.15) is 0 Å². The Balaban J connectivity index is 2.14. The van der Waals surface area contributed by atoms with Crippen molar-refractivity contribution in [3.63, 3.8) is 0 Å². The first-order valence-corrected chi connectivity index (χ1v) is 6.18. The fourth-order valence-corrected chi connectivity index (χ4v) is 2.12. The smallest absolute Gasteiger partial charge is 0.332 e. The molecule has 2 nitrogen and oxygen atoms in total. The number of benzene rings is 1. The Labute approximate surface area is 108 Å². The van der Waals surface area contributed by atoms with E-state index in [0.717, 1.165) is 21.2 Å². The monoisotopic (exact) mass is 322 g/mol. The molecule has 0 atom stereocenters. The molecule has 1 heterocycles. The molecule has 7 heteroatoms. The Morgan fingerprint density at radius 3 is 2.35 bits per heavy atom. The van der Waals surface area contributed by atoms with E-state index in [9.17, 15) is 13.2 Å². The fourth-order valence-electron chi connectivity index (χ4n) is 1.12. The normalized spacial score (nSPS) is 11.5. The molecule has 1 N–H and O–H groups in total. The highest BCUT2D eigenvalue weighted by atomic mass is 79.9. The molecule has 1 aromatic heterocycles. The number of anilines is 2. The van der Waals surface area contributed by atoms with Crippen LogP contribution < -0.4 is 5.32 Å². The van der Waals surface area contributed by atoms with Gasteiger partial charge in [-0.25, -0.2) is 4.98 Å². The first kappa shape index (κ1) is 12.4. The number of thiazole rings is 1. The molecule has 0 radical (unpaired) electrons. The average Bonchev–Trinajstić information content (AvgIpc) is 2.69. The third-order valence-electron chi connectivity index (χ3n) is 1.89. The molecule has 0 aliphatic rings. The number of rotatable bonds is 2. The van der Waals surface area contributed by atoms with Crippen molar-refractivity contribution in [1.82, 2.24) is 4.98 Å². The molecule has 0 aliphatic heterocycles. The van der Waals surface area contributed by atoms with Crippen LogP contribution >= 0.6 is 27.3 Å². The van der Waals surface area contributed by atoms with Crippen molar-refractivity contribution >= 4 is 38.1 Å². The van der Waals surface area contributed by atoms with Gasteiger partial charge in [0.2, 0.25) is 0 Å². The van der Waals surface area contributed by atoms with Crippen LogP contribution in [-0.4, -0.2) is 4.98 Å². The largest absolute Gasteiger partial charge is 0.434 e. The van der Waals surface area contributed by atoms with Gasteiger partial charge in [-0.3, -0.25) is 0 Å². The van der Waals surface area contributed by atoms with Crippen molar-refractivity contribution in [2.75, 3.05) is 5.32 Å². The van der Waals surface area contributed by atoms with Crippen molar-refractivity contribution in [1.29, 1.82) is 0 Å². The summed E-state index contributed by atoms with van der Waals surface area (Å²) in [5.74, 6) is 0. The molecule has 2 rings (SSSR count). The lowest BCUT2D eigenvalue weighted by atomic mass is 10.3. The van der Waals surface area contributed by atoms with Gasteiger partial charge in [0.25, 0.3) is 0 Å². The second kappa shape index (κ2) is 4.66. The molecule has 90 valence electrons. The topological polar surface area (TPSA) is 24.9 Å². The fraction of sp³-hybridized carbons (Fsp3) is 0.100. The average molecular weight is 323 g/mol. The third kappa shape index (κ3) is 3.19. The SMILES string of the molecule is FC(F)(F)c1csc(Nc2ccc(Br)cc2)n1. The predicted octanol–water partition coefficient (Wildman–Crippen LogP) is 4.67. The quantitative estimate of drug-likeness (QED) is 0.869. The lowest BCUT2D eigenvalue weighted by Gasteiger charge is -2.03. The Morgan fingerprint density at radius 1 is 1.18 bits per heavy atom. The van der Waals surface area contributed by atoms with Crippen molar-refractivity contribution in [2.24, 2.45) is 0 Å². The molecular weight excluding hydrogens is 317 g/mol. The molecule has 0 spiro atoms. The van der Waals surface area contributed by atoms with Crippen LogP contribution in [0.15, 0.2) is 34.1 Å². The van der Waals surface area contributed by atoms with Gasteiger partial charge in [-0.1, -0.05) is 15.9 Å². The highest BCUT2D eigenvalue weighted by molar-refractivity contribution is 9.10. The minimum absolute atomic E-state index is 0.222. The van der Waals surface area contributed by atoms with Gasteiger partial charge < -0.3 is 5.32 Å². The zero-order chi connectivity index (χ0) is 12.5. The molecule has 0 saturated carbocycles. The van der Waals surface area contributed by atoms with E-state index in [0.29, 0.717) is 5.69 Å². The van der Waals surface area contributed by atoms with Crippen molar-refractivity contribution in [3.05, 3.63) is 39.8 Å². The molecule has 0 unspecified atom stereocenters. The standard InChI is InChI=1S/C10H6BrF3N2S/c11-6-1-3-7(4-2-6)15-9-16-8(5-17-9)10(12,13)14/h1-5H,(H,15,16). The van der Waals surface area contributed by atoms with Crippen molar-refractivity contribution < 1.29 is 13.2 Å². The van der Waals surface area contributed by atoms with E-state index in [2.05, 4.69) is 26.2 Å². The van der Waals surface area contributed by atoms with E-state index >= 15 is 0 Å². The van der Waals surface area contributed by atoms with Crippen LogP contribution in [0.3, 0.4) is 0 Å². The van der Waals surface area contributed by atoms with Gasteiger partial charge in [0.15, 0.2) is 10.8 Å². The second-order valence-electron chi connectivity index (χ2n) is 3.17. The minimum atomic E-state index is -4.39. The van der Waals surface area contributed by atoms with Gasteiger partial charge in [-0.05, 0) is 24.3 Å². The Morgan fingerprint density at radius 2 is 1.82 bits per heavy atom. The van der Waals surface area contributed by atoms with Crippen LogP contribution in [0.25, 0.3) is 0 Å². The van der Waals surface area contributed by atoms with E-state index in [4.69, 9.17) is 0 Å². The summed E-state index contributed by atoms with van der Waals surface area (Å²) in [5, 5.41) is 4.02. The number of aromatic nitrogens is 1. The molecule has 1 aromatic carbocycles. The van der Waals surface area contributed by atoms with E-state index in [1.54, 1.807) is 24.3 Å². The number of hydrogen-bond donors (Lipinski definition) is 1. The summed E-state index contributed by atoms with van der Waals surface area (Å²) in [6.45, 7) is 0. The molecular formula is C10H6BrF3N2S. The van der Waals surface area contributed by atoms with E-state index in [1.807, 2.05) is 0 Å². The van der Waals surface area contributed by atoms with Gasteiger partial charge in [0, 0.05) is 15.5 Å². The van der Waals surface area contributed by atoms with Gasteiger partial charge in [0.05, 0.1) is 0 Å². The molecule has 2 aromatic rings. The Bertz CT molecular complexity index is 507. The predicted molar refractivity (Wildman–Crippen MR) is 64.5 cm³/mol. The molecule has 0 aliphatic carbocycles. The van der Waals surface area contributed by atoms with Gasteiger partial charge in [-0.15, -0.1) is 11.3 Å². The molecule has 0 fully saturated rings. The Kier molecular flexibility index (Phi) is 3.39. The number of hydrogen-bond acceptors (Lipinski definition) is 3. The van der Waals surface area contributed by atoms with Gasteiger partial charge >= 0.3 is 6.18 Å². The zero-order valence-electron chi connectivity index (χ0n) is 8.25. The van der Waals surface area contributed by atoms with E-state index in [-0.39, 0.29) is 5.13 Å². The first-order valence-electron chi connectivity index (χ1n) is 4.50. The summed E-state index contributed by atoms with van der Waals surface area (Å²) >= 11 is 4.19. The molecule has 0 bridgehead atoms. The van der Waals surface area contributed by atoms with Crippen LogP contribution in [0.5, 0.6) is 0 Å². The third-order valence-corrected chi connectivity index (χ3v) is 3.18. The summed E-state index contributed by atoms with van der Waals surface area (Å²) in [6.07, 6.45) is -4.39.